The molecule has 3 heteroatoms. The number of rotatable bonds is 1. The summed E-state index contributed by atoms with van der Waals surface area (Å²) in [6.45, 7) is 4.20. The molecule has 2 rings (SSSR count). The van der Waals surface area contributed by atoms with Crippen LogP contribution in [0, 0.1) is 13.8 Å². The van der Waals surface area contributed by atoms with Crippen LogP contribution >= 0.6 is 15.9 Å². The molecule has 0 aliphatic rings. The summed E-state index contributed by atoms with van der Waals surface area (Å²) in [5, 5.41) is 0. The third-order valence-corrected chi connectivity index (χ3v) is 2.67. The molecular weight excluding hydrogens is 240 g/mol. The van der Waals surface area contributed by atoms with E-state index in [1.54, 1.807) is 6.20 Å². The number of nitrogens with zero attached hydrogens (tertiary/aromatic N) is 2. The fourth-order valence-electron chi connectivity index (χ4n) is 1.57. The van der Waals surface area contributed by atoms with E-state index in [4.69, 9.17) is 0 Å². The van der Waals surface area contributed by atoms with Crippen molar-refractivity contribution in [1.82, 2.24) is 9.55 Å². The summed E-state index contributed by atoms with van der Waals surface area (Å²) in [5.41, 5.74) is 3.67. The number of benzene rings is 1. The molecule has 14 heavy (non-hydrogen) atoms. The van der Waals surface area contributed by atoms with Crippen molar-refractivity contribution in [1.29, 1.82) is 0 Å². The third-order valence-electron chi connectivity index (χ3n) is 2.08. The zero-order valence-electron chi connectivity index (χ0n) is 8.16. The topological polar surface area (TPSA) is 17.8 Å². The number of aryl methyl sites for hydroxylation is 2. The Balaban J connectivity index is 2.57. The van der Waals surface area contributed by atoms with Gasteiger partial charge in [0.25, 0.3) is 0 Å². The molecule has 0 atom stereocenters. The summed E-state index contributed by atoms with van der Waals surface area (Å²) >= 11 is 3.40. The normalized spacial score (nSPS) is 10.5. The molecule has 2 aromatic rings. The zero-order chi connectivity index (χ0) is 10.1. The molecule has 0 unspecified atom stereocenters. The second-order valence-corrected chi connectivity index (χ2v) is 4.12. The average molecular weight is 251 g/mol. The summed E-state index contributed by atoms with van der Waals surface area (Å²) in [4.78, 5) is 4.13. The smallest absolute Gasteiger partial charge is 0.181 e. The second-order valence-electron chi connectivity index (χ2n) is 3.41. The highest BCUT2D eigenvalue weighted by atomic mass is 79.9. The number of hydrogen-bond acceptors (Lipinski definition) is 1. The van der Waals surface area contributed by atoms with Crippen molar-refractivity contribution < 1.29 is 0 Å². The number of halogens is 1. The molecule has 0 saturated heterocycles. The molecular formula is C11H11BrN2. The first-order valence-electron chi connectivity index (χ1n) is 4.44. The summed E-state index contributed by atoms with van der Waals surface area (Å²) in [6, 6.07) is 6.44. The highest BCUT2D eigenvalue weighted by molar-refractivity contribution is 9.10. The third kappa shape index (κ3) is 1.73. The van der Waals surface area contributed by atoms with Gasteiger partial charge < -0.3 is 0 Å². The first kappa shape index (κ1) is 9.46. The van der Waals surface area contributed by atoms with Crippen molar-refractivity contribution >= 4 is 15.9 Å². The van der Waals surface area contributed by atoms with Crippen LogP contribution in [-0.4, -0.2) is 9.55 Å². The summed E-state index contributed by atoms with van der Waals surface area (Å²) in [6.07, 6.45) is 3.72. The van der Waals surface area contributed by atoms with Gasteiger partial charge in [-0.3, -0.25) is 4.57 Å². The molecule has 72 valence electrons. The molecule has 1 aromatic heterocycles. The van der Waals surface area contributed by atoms with E-state index in [1.807, 2.05) is 10.8 Å². The Hall–Kier alpha value is -1.09. The Bertz CT molecular complexity index is 440. The Labute approximate surface area is 91.7 Å². The summed E-state index contributed by atoms with van der Waals surface area (Å²) in [5.74, 6) is 0. The molecule has 0 aliphatic heterocycles. The minimum atomic E-state index is 0.836. The van der Waals surface area contributed by atoms with Crippen LogP contribution in [0.5, 0.6) is 0 Å². The molecule has 1 heterocycles. The van der Waals surface area contributed by atoms with E-state index in [0.717, 1.165) is 10.4 Å². The minimum Gasteiger partial charge on any atom is -0.294 e. The summed E-state index contributed by atoms with van der Waals surface area (Å²) < 4.78 is 2.85. The van der Waals surface area contributed by atoms with Gasteiger partial charge in [-0.1, -0.05) is 6.07 Å². The fraction of sp³-hybridized carbons (Fsp3) is 0.182. The Morgan fingerprint density at radius 3 is 2.29 bits per heavy atom. The summed E-state index contributed by atoms with van der Waals surface area (Å²) in [7, 11) is 0. The first-order valence-corrected chi connectivity index (χ1v) is 5.23. The first-order chi connectivity index (χ1) is 6.66. The predicted molar refractivity (Wildman–Crippen MR) is 60.7 cm³/mol. The largest absolute Gasteiger partial charge is 0.294 e. The molecule has 0 fully saturated rings. The highest BCUT2D eigenvalue weighted by Gasteiger charge is 2.02. The van der Waals surface area contributed by atoms with E-state index in [-0.39, 0.29) is 0 Å². The van der Waals surface area contributed by atoms with Gasteiger partial charge in [-0.25, -0.2) is 4.98 Å². The molecule has 0 bridgehead atoms. The molecule has 1 aromatic carbocycles. The van der Waals surface area contributed by atoms with Crippen molar-refractivity contribution in [3.05, 3.63) is 46.5 Å². The monoisotopic (exact) mass is 250 g/mol. The van der Waals surface area contributed by atoms with Crippen LogP contribution in [0.3, 0.4) is 0 Å². The van der Waals surface area contributed by atoms with Crippen LogP contribution < -0.4 is 0 Å². The van der Waals surface area contributed by atoms with Crippen molar-refractivity contribution in [2.75, 3.05) is 0 Å². The lowest BCUT2D eigenvalue weighted by molar-refractivity contribution is 1.01. The van der Waals surface area contributed by atoms with Crippen LogP contribution in [0.25, 0.3) is 5.69 Å². The molecule has 0 amide bonds. The number of imidazole rings is 1. The fourth-order valence-corrected chi connectivity index (χ4v) is 2.01. The lowest BCUT2D eigenvalue weighted by atomic mass is 10.1. The predicted octanol–water partition coefficient (Wildman–Crippen LogP) is 3.25. The quantitative estimate of drug-likeness (QED) is 0.760. The van der Waals surface area contributed by atoms with E-state index < -0.39 is 0 Å². The molecule has 0 spiro atoms. The van der Waals surface area contributed by atoms with Crippen molar-refractivity contribution in [3.63, 3.8) is 0 Å². The van der Waals surface area contributed by atoms with Crippen molar-refractivity contribution in [2.45, 2.75) is 13.8 Å². The van der Waals surface area contributed by atoms with Crippen LogP contribution in [0.1, 0.15) is 11.1 Å². The molecule has 0 N–H and O–H groups in total. The van der Waals surface area contributed by atoms with Crippen molar-refractivity contribution in [3.8, 4) is 5.69 Å². The molecule has 0 radical (unpaired) electrons. The molecule has 2 nitrogen and oxygen atoms in total. The van der Waals surface area contributed by atoms with Gasteiger partial charge >= 0.3 is 0 Å². The second kappa shape index (κ2) is 3.58. The standard InChI is InChI=1S/C11H11BrN2/c1-8-5-9(2)7-10(6-8)14-4-3-13-11(14)12/h3-7H,1-2H3. The van der Waals surface area contributed by atoms with Gasteiger partial charge in [0.05, 0.1) is 0 Å². The van der Waals surface area contributed by atoms with Crippen LogP contribution in [-0.2, 0) is 0 Å². The maximum Gasteiger partial charge on any atom is 0.181 e. The Morgan fingerprint density at radius 2 is 1.79 bits per heavy atom. The Morgan fingerprint density at radius 1 is 1.14 bits per heavy atom. The van der Waals surface area contributed by atoms with E-state index in [0.29, 0.717) is 0 Å². The zero-order valence-corrected chi connectivity index (χ0v) is 9.75. The molecule has 0 aliphatic carbocycles. The average Bonchev–Trinajstić information content (AvgIpc) is 2.49. The van der Waals surface area contributed by atoms with Gasteiger partial charge in [-0.15, -0.1) is 0 Å². The van der Waals surface area contributed by atoms with E-state index >= 15 is 0 Å². The van der Waals surface area contributed by atoms with E-state index in [1.165, 1.54) is 11.1 Å². The molecule has 0 saturated carbocycles. The minimum absolute atomic E-state index is 0.836. The van der Waals surface area contributed by atoms with E-state index in [2.05, 4.69) is 53.0 Å². The van der Waals surface area contributed by atoms with Gasteiger partial charge in [0.15, 0.2) is 4.73 Å². The number of aromatic nitrogens is 2. The maximum atomic E-state index is 4.13. The lowest BCUT2D eigenvalue weighted by Gasteiger charge is -2.06. The van der Waals surface area contributed by atoms with Gasteiger partial charge in [-0.2, -0.15) is 0 Å². The van der Waals surface area contributed by atoms with Crippen molar-refractivity contribution in [2.24, 2.45) is 0 Å². The van der Waals surface area contributed by atoms with Gasteiger partial charge in [0, 0.05) is 18.1 Å². The van der Waals surface area contributed by atoms with Crippen LogP contribution in [0.4, 0.5) is 0 Å². The lowest BCUT2D eigenvalue weighted by Crippen LogP contribution is -1.94. The Kier molecular flexibility index (Phi) is 2.42. The highest BCUT2D eigenvalue weighted by Crippen LogP contribution is 2.17. The van der Waals surface area contributed by atoms with Gasteiger partial charge in [0.2, 0.25) is 0 Å². The van der Waals surface area contributed by atoms with Gasteiger partial charge in [-0.05, 0) is 53.0 Å². The van der Waals surface area contributed by atoms with E-state index in [9.17, 15) is 0 Å². The van der Waals surface area contributed by atoms with Gasteiger partial charge in [0.1, 0.15) is 0 Å². The maximum absolute atomic E-state index is 4.13. The van der Waals surface area contributed by atoms with Crippen LogP contribution in [0.15, 0.2) is 35.3 Å². The SMILES string of the molecule is Cc1cc(C)cc(-n2ccnc2Br)c1. The van der Waals surface area contributed by atoms with Crippen LogP contribution in [0.2, 0.25) is 0 Å². The number of hydrogen-bond donors (Lipinski definition) is 0.